The minimum atomic E-state index is -0.0254. The highest BCUT2D eigenvalue weighted by Crippen LogP contribution is 2.22. The molecular weight excluding hydrogens is 252 g/mol. The Morgan fingerprint density at radius 3 is 2.80 bits per heavy atom. The van der Waals surface area contributed by atoms with Gasteiger partial charge < -0.3 is 10.6 Å². The molecule has 0 saturated carbocycles. The number of nitrogen functional groups attached to an aromatic ring is 1. The lowest BCUT2D eigenvalue weighted by molar-refractivity contribution is 0.0767. The number of pyridine rings is 1. The maximum atomic E-state index is 12.5. The maximum absolute atomic E-state index is 12.5. The standard InChI is InChI=1S/C15H22N4O/c16-13-5-4-7-17-14(13)15(20)19-10-6-12(11-19)18-8-2-1-3-9-18/h4-5,7,12H,1-3,6,8-11,16H2. The summed E-state index contributed by atoms with van der Waals surface area (Å²) in [5.74, 6) is -0.0254. The van der Waals surface area contributed by atoms with E-state index >= 15 is 0 Å². The zero-order valence-corrected chi connectivity index (χ0v) is 11.8. The Balaban J connectivity index is 1.65. The first-order valence-corrected chi connectivity index (χ1v) is 7.49. The molecule has 1 amide bonds. The number of nitrogens with zero attached hydrogens (tertiary/aromatic N) is 3. The summed E-state index contributed by atoms with van der Waals surface area (Å²) in [4.78, 5) is 21.0. The topological polar surface area (TPSA) is 62.5 Å². The first-order chi connectivity index (χ1) is 9.75. The summed E-state index contributed by atoms with van der Waals surface area (Å²) in [7, 11) is 0. The van der Waals surface area contributed by atoms with Crippen LogP contribution in [0.4, 0.5) is 5.69 Å². The number of amides is 1. The number of aromatic nitrogens is 1. The molecule has 3 heterocycles. The molecule has 0 aromatic carbocycles. The van der Waals surface area contributed by atoms with E-state index in [1.807, 2.05) is 4.90 Å². The van der Waals surface area contributed by atoms with Gasteiger partial charge in [0.05, 0.1) is 5.69 Å². The normalized spacial score (nSPS) is 24.0. The number of hydrogen-bond donors (Lipinski definition) is 1. The fourth-order valence-electron chi connectivity index (χ4n) is 3.25. The summed E-state index contributed by atoms with van der Waals surface area (Å²) >= 11 is 0. The highest BCUT2D eigenvalue weighted by atomic mass is 16.2. The molecule has 2 aliphatic heterocycles. The number of carbonyl (C=O) groups excluding carboxylic acids is 1. The lowest BCUT2D eigenvalue weighted by Gasteiger charge is -2.32. The van der Waals surface area contributed by atoms with Gasteiger partial charge in [-0.25, -0.2) is 4.98 Å². The SMILES string of the molecule is Nc1cccnc1C(=O)N1CCC(N2CCCCC2)C1. The first kappa shape index (κ1) is 13.4. The second-order valence-corrected chi connectivity index (χ2v) is 5.73. The van der Waals surface area contributed by atoms with Crippen LogP contribution in [0.5, 0.6) is 0 Å². The molecule has 2 fully saturated rings. The van der Waals surface area contributed by atoms with Crippen LogP contribution in [0.15, 0.2) is 18.3 Å². The van der Waals surface area contributed by atoms with Crippen molar-refractivity contribution in [2.45, 2.75) is 31.7 Å². The minimum absolute atomic E-state index is 0.0254. The summed E-state index contributed by atoms with van der Waals surface area (Å²) in [5, 5.41) is 0. The number of rotatable bonds is 2. The molecule has 2 N–H and O–H groups in total. The second kappa shape index (κ2) is 5.79. The van der Waals surface area contributed by atoms with E-state index in [9.17, 15) is 4.79 Å². The van der Waals surface area contributed by atoms with Crippen LogP contribution < -0.4 is 5.73 Å². The average molecular weight is 274 g/mol. The third-order valence-electron chi connectivity index (χ3n) is 4.40. The summed E-state index contributed by atoms with van der Waals surface area (Å²) in [6.07, 6.45) is 6.62. The monoisotopic (exact) mass is 274 g/mol. The van der Waals surface area contributed by atoms with Gasteiger partial charge in [0.2, 0.25) is 0 Å². The lowest BCUT2D eigenvalue weighted by Crippen LogP contribution is -2.41. The molecule has 20 heavy (non-hydrogen) atoms. The average Bonchev–Trinajstić information content (AvgIpc) is 2.98. The van der Waals surface area contributed by atoms with E-state index in [0.717, 1.165) is 19.5 Å². The predicted molar refractivity (Wildman–Crippen MR) is 78.4 cm³/mol. The Morgan fingerprint density at radius 1 is 1.25 bits per heavy atom. The molecule has 1 aromatic rings. The molecule has 108 valence electrons. The van der Waals surface area contributed by atoms with Crippen LogP contribution >= 0.6 is 0 Å². The summed E-state index contributed by atoms with van der Waals surface area (Å²) in [6.45, 7) is 3.99. The van der Waals surface area contributed by atoms with Crippen molar-refractivity contribution in [3.05, 3.63) is 24.0 Å². The van der Waals surface area contributed by atoms with E-state index in [1.54, 1.807) is 18.3 Å². The molecule has 5 nitrogen and oxygen atoms in total. The van der Waals surface area contributed by atoms with Crippen molar-refractivity contribution in [2.75, 3.05) is 31.9 Å². The van der Waals surface area contributed by atoms with Crippen LogP contribution in [0.3, 0.4) is 0 Å². The van der Waals surface area contributed by atoms with E-state index in [-0.39, 0.29) is 5.91 Å². The van der Waals surface area contributed by atoms with E-state index < -0.39 is 0 Å². The number of piperidine rings is 1. The fraction of sp³-hybridized carbons (Fsp3) is 0.600. The van der Waals surface area contributed by atoms with Crippen molar-refractivity contribution in [3.63, 3.8) is 0 Å². The first-order valence-electron chi connectivity index (χ1n) is 7.49. The summed E-state index contributed by atoms with van der Waals surface area (Å²) < 4.78 is 0. The second-order valence-electron chi connectivity index (χ2n) is 5.73. The highest BCUT2D eigenvalue weighted by molar-refractivity contribution is 5.97. The van der Waals surface area contributed by atoms with Crippen LogP contribution in [-0.4, -0.2) is 52.9 Å². The number of nitrogens with two attached hydrogens (primary N) is 1. The quantitative estimate of drug-likeness (QED) is 0.884. The molecule has 1 unspecified atom stereocenters. The van der Waals surface area contributed by atoms with Gasteiger partial charge in [-0.2, -0.15) is 0 Å². The molecular formula is C15H22N4O. The van der Waals surface area contributed by atoms with Gasteiger partial charge in [-0.15, -0.1) is 0 Å². The molecule has 0 aliphatic carbocycles. The van der Waals surface area contributed by atoms with Crippen molar-refractivity contribution in [1.29, 1.82) is 0 Å². The van der Waals surface area contributed by atoms with Crippen LogP contribution in [0.25, 0.3) is 0 Å². The third kappa shape index (κ3) is 2.63. The Morgan fingerprint density at radius 2 is 2.05 bits per heavy atom. The van der Waals surface area contributed by atoms with Crippen LogP contribution in [0, 0.1) is 0 Å². The van der Waals surface area contributed by atoms with Gasteiger partial charge in [-0.05, 0) is 44.5 Å². The van der Waals surface area contributed by atoms with Crippen LogP contribution in [0.1, 0.15) is 36.2 Å². The minimum Gasteiger partial charge on any atom is -0.397 e. The molecule has 2 aliphatic rings. The van der Waals surface area contributed by atoms with Gasteiger partial charge in [-0.1, -0.05) is 6.42 Å². The third-order valence-corrected chi connectivity index (χ3v) is 4.40. The zero-order valence-electron chi connectivity index (χ0n) is 11.8. The molecule has 0 bridgehead atoms. The van der Waals surface area contributed by atoms with Crippen molar-refractivity contribution in [3.8, 4) is 0 Å². The number of carbonyl (C=O) groups is 1. The van der Waals surface area contributed by atoms with E-state index in [0.29, 0.717) is 17.4 Å². The summed E-state index contributed by atoms with van der Waals surface area (Å²) in [5.41, 5.74) is 6.71. The van der Waals surface area contributed by atoms with Gasteiger partial charge >= 0.3 is 0 Å². The van der Waals surface area contributed by atoms with E-state index in [4.69, 9.17) is 5.73 Å². The van der Waals surface area contributed by atoms with Crippen molar-refractivity contribution >= 4 is 11.6 Å². The van der Waals surface area contributed by atoms with Crippen LogP contribution in [-0.2, 0) is 0 Å². The smallest absolute Gasteiger partial charge is 0.274 e. The van der Waals surface area contributed by atoms with Crippen LogP contribution in [0.2, 0.25) is 0 Å². The Bertz CT molecular complexity index is 485. The van der Waals surface area contributed by atoms with Gasteiger partial charge in [-0.3, -0.25) is 9.69 Å². The molecule has 0 radical (unpaired) electrons. The van der Waals surface area contributed by atoms with Gasteiger partial charge in [0.25, 0.3) is 5.91 Å². The largest absolute Gasteiger partial charge is 0.397 e. The molecule has 2 saturated heterocycles. The van der Waals surface area contributed by atoms with Crippen molar-refractivity contribution in [1.82, 2.24) is 14.8 Å². The predicted octanol–water partition coefficient (Wildman–Crippen LogP) is 1.36. The maximum Gasteiger partial charge on any atom is 0.274 e. The number of anilines is 1. The Kier molecular flexibility index (Phi) is 3.87. The molecule has 5 heteroatoms. The lowest BCUT2D eigenvalue weighted by atomic mass is 10.1. The van der Waals surface area contributed by atoms with Gasteiger partial charge in [0.15, 0.2) is 5.69 Å². The van der Waals surface area contributed by atoms with Gasteiger partial charge in [0, 0.05) is 25.3 Å². The zero-order chi connectivity index (χ0) is 13.9. The van der Waals surface area contributed by atoms with Crippen molar-refractivity contribution in [2.24, 2.45) is 0 Å². The molecule has 0 spiro atoms. The highest BCUT2D eigenvalue weighted by Gasteiger charge is 2.32. The Labute approximate surface area is 119 Å². The number of hydrogen-bond acceptors (Lipinski definition) is 4. The molecule has 1 aromatic heterocycles. The van der Waals surface area contributed by atoms with Crippen molar-refractivity contribution < 1.29 is 4.79 Å². The van der Waals surface area contributed by atoms with E-state index in [2.05, 4.69) is 9.88 Å². The molecule has 3 rings (SSSR count). The number of likely N-dealkylation sites (tertiary alicyclic amines) is 2. The molecule has 1 atom stereocenters. The fourth-order valence-corrected chi connectivity index (χ4v) is 3.25. The van der Waals surface area contributed by atoms with Gasteiger partial charge in [0.1, 0.15) is 0 Å². The summed E-state index contributed by atoms with van der Waals surface area (Å²) in [6, 6.07) is 4.01. The van der Waals surface area contributed by atoms with E-state index in [1.165, 1.54) is 32.4 Å². The Hall–Kier alpha value is -1.62.